The number of hydrogen-bond acceptors (Lipinski definition) is 5. The minimum Gasteiger partial charge on any atom is -0.292 e. The minimum absolute atomic E-state index is 0.00102. The van der Waals surface area contributed by atoms with Crippen molar-refractivity contribution in [3.63, 3.8) is 0 Å². The molecule has 2 aromatic rings. The molecule has 98 valence electrons. The van der Waals surface area contributed by atoms with E-state index in [-0.39, 0.29) is 35.0 Å². The van der Waals surface area contributed by atoms with E-state index in [1.807, 2.05) is 0 Å². The Bertz CT molecular complexity index is 756. The van der Waals surface area contributed by atoms with E-state index in [4.69, 9.17) is 0 Å². The smallest absolute Gasteiger partial charge is 0.228 e. The van der Waals surface area contributed by atoms with Gasteiger partial charge in [0.2, 0.25) is 5.78 Å². The van der Waals surface area contributed by atoms with Gasteiger partial charge in [-0.05, 0) is 18.2 Å². The van der Waals surface area contributed by atoms with Crippen molar-refractivity contribution in [1.29, 1.82) is 0 Å². The van der Waals surface area contributed by atoms with Crippen molar-refractivity contribution >= 4 is 23.0 Å². The number of Topliss-reactive ketones (excluding diaryl/α,β-unsaturated/α-hetero) is 2. The average Bonchev–Trinajstić information content (AvgIpc) is 2.45. The van der Waals surface area contributed by atoms with Crippen molar-refractivity contribution in [2.24, 2.45) is 4.99 Å². The van der Waals surface area contributed by atoms with E-state index in [0.717, 1.165) is 0 Å². The van der Waals surface area contributed by atoms with E-state index in [9.17, 15) is 14.0 Å². The molecule has 0 atom stereocenters. The van der Waals surface area contributed by atoms with Gasteiger partial charge in [0.05, 0.1) is 17.8 Å². The summed E-state index contributed by atoms with van der Waals surface area (Å²) in [5, 5.41) is 0. The summed E-state index contributed by atoms with van der Waals surface area (Å²) < 4.78 is 13.1. The molecule has 0 radical (unpaired) electrons. The first kappa shape index (κ1) is 12.3. The monoisotopic (exact) mass is 269 g/mol. The van der Waals surface area contributed by atoms with E-state index < -0.39 is 11.6 Å². The summed E-state index contributed by atoms with van der Waals surface area (Å²) >= 11 is 0. The van der Waals surface area contributed by atoms with Gasteiger partial charge in [0.1, 0.15) is 17.2 Å². The van der Waals surface area contributed by atoms with E-state index in [1.165, 1.54) is 30.6 Å². The van der Waals surface area contributed by atoms with Crippen molar-refractivity contribution in [2.75, 3.05) is 0 Å². The number of nitrogens with zero attached hydrogens (tertiary/aromatic N) is 3. The third kappa shape index (κ3) is 2.11. The fraction of sp³-hybridized carbons (Fsp3) is 0.0714. The quantitative estimate of drug-likeness (QED) is 0.795. The van der Waals surface area contributed by atoms with Gasteiger partial charge >= 0.3 is 0 Å². The molecule has 0 saturated heterocycles. The maximum absolute atomic E-state index is 13.1. The Morgan fingerprint density at radius 3 is 2.60 bits per heavy atom. The molecule has 1 aromatic heterocycles. The molecule has 1 aliphatic rings. The van der Waals surface area contributed by atoms with Gasteiger partial charge < -0.3 is 0 Å². The summed E-state index contributed by atoms with van der Waals surface area (Å²) in [6.45, 7) is 0. The molecule has 3 rings (SSSR count). The van der Waals surface area contributed by atoms with Crippen LogP contribution in [0.5, 0.6) is 0 Å². The Balaban J connectivity index is 2.05. The predicted octanol–water partition coefficient (Wildman–Crippen LogP) is 2.16. The van der Waals surface area contributed by atoms with E-state index in [0.29, 0.717) is 0 Å². The maximum atomic E-state index is 13.1. The van der Waals surface area contributed by atoms with Crippen molar-refractivity contribution in [3.8, 4) is 0 Å². The number of aliphatic imine (C=N–C) groups is 1. The molecule has 1 heterocycles. The molecule has 0 unspecified atom stereocenters. The molecular formula is C14H8FN3O2. The van der Waals surface area contributed by atoms with E-state index in [1.54, 1.807) is 6.07 Å². The number of fused-ring (bicyclic) bond motifs is 1. The van der Waals surface area contributed by atoms with Crippen LogP contribution in [-0.4, -0.2) is 27.2 Å². The molecule has 0 fully saturated rings. The van der Waals surface area contributed by atoms with Gasteiger partial charge in [0.25, 0.3) is 0 Å². The zero-order chi connectivity index (χ0) is 14.1. The Hall–Kier alpha value is -2.76. The molecule has 0 saturated carbocycles. The Morgan fingerprint density at radius 1 is 1.10 bits per heavy atom. The van der Waals surface area contributed by atoms with Gasteiger partial charge in [-0.25, -0.2) is 19.4 Å². The largest absolute Gasteiger partial charge is 0.292 e. The van der Waals surface area contributed by atoms with Crippen LogP contribution in [0.25, 0.3) is 0 Å². The first-order valence-electron chi connectivity index (χ1n) is 5.87. The second kappa shape index (κ2) is 4.73. The summed E-state index contributed by atoms with van der Waals surface area (Å²) in [4.78, 5) is 35.8. The number of hydrogen-bond donors (Lipinski definition) is 0. The molecular weight excluding hydrogens is 261 g/mol. The number of carbonyl (C=O) groups excluding carboxylic acids is 2. The van der Waals surface area contributed by atoms with E-state index >= 15 is 0 Å². The minimum atomic E-state index is -0.457. The number of benzene rings is 1. The Labute approximate surface area is 113 Å². The van der Waals surface area contributed by atoms with Crippen LogP contribution < -0.4 is 0 Å². The van der Waals surface area contributed by atoms with Crippen LogP contribution >= 0.6 is 0 Å². The summed E-state index contributed by atoms with van der Waals surface area (Å²) in [5.41, 5.74) is 0.400. The second-order valence-electron chi connectivity index (χ2n) is 4.22. The highest BCUT2D eigenvalue weighted by atomic mass is 19.1. The average molecular weight is 269 g/mol. The summed E-state index contributed by atoms with van der Waals surface area (Å²) in [6, 6.07) is 5.51. The maximum Gasteiger partial charge on any atom is 0.228 e. The van der Waals surface area contributed by atoms with Crippen LogP contribution in [0.4, 0.5) is 10.1 Å². The standard InChI is InChI=1S/C14H8FN3O2/c15-8-2-1-3-9(6-8)18-10-7-11(19)12-13(14(10)20)17-5-4-16-12/h1-6H,7H2. The summed E-state index contributed by atoms with van der Waals surface area (Å²) in [6.07, 6.45) is 2.55. The molecule has 20 heavy (non-hydrogen) atoms. The lowest BCUT2D eigenvalue weighted by Crippen LogP contribution is -2.29. The van der Waals surface area contributed by atoms with Crippen molar-refractivity contribution in [1.82, 2.24) is 9.97 Å². The molecule has 6 heteroatoms. The van der Waals surface area contributed by atoms with Gasteiger partial charge in [0.15, 0.2) is 5.78 Å². The topological polar surface area (TPSA) is 72.3 Å². The second-order valence-corrected chi connectivity index (χ2v) is 4.22. The normalized spacial score (nSPS) is 16.4. The summed E-state index contributed by atoms with van der Waals surface area (Å²) in [5.74, 6) is -1.22. The molecule has 1 aromatic carbocycles. The molecule has 1 aliphatic carbocycles. The number of ketones is 2. The van der Waals surface area contributed by atoms with Crippen molar-refractivity contribution in [3.05, 3.63) is 53.9 Å². The van der Waals surface area contributed by atoms with Gasteiger partial charge in [0, 0.05) is 12.4 Å². The predicted molar refractivity (Wildman–Crippen MR) is 68.8 cm³/mol. The molecule has 0 amide bonds. The molecule has 0 spiro atoms. The number of rotatable bonds is 1. The molecule has 0 aliphatic heterocycles. The van der Waals surface area contributed by atoms with Gasteiger partial charge in [-0.15, -0.1) is 0 Å². The third-order valence-electron chi connectivity index (χ3n) is 2.84. The third-order valence-corrected chi connectivity index (χ3v) is 2.84. The lowest BCUT2D eigenvalue weighted by Gasteiger charge is -2.13. The zero-order valence-corrected chi connectivity index (χ0v) is 10.2. The summed E-state index contributed by atoms with van der Waals surface area (Å²) in [7, 11) is 0. The van der Waals surface area contributed by atoms with Crippen LogP contribution in [0.3, 0.4) is 0 Å². The van der Waals surface area contributed by atoms with Crippen LogP contribution in [0.2, 0.25) is 0 Å². The van der Waals surface area contributed by atoms with E-state index in [2.05, 4.69) is 15.0 Å². The van der Waals surface area contributed by atoms with Gasteiger partial charge in [-0.1, -0.05) is 6.07 Å². The molecule has 0 bridgehead atoms. The van der Waals surface area contributed by atoms with Gasteiger partial charge in [-0.3, -0.25) is 9.59 Å². The number of aromatic nitrogens is 2. The molecule has 5 nitrogen and oxygen atoms in total. The van der Waals surface area contributed by atoms with Crippen LogP contribution in [0, 0.1) is 5.82 Å². The zero-order valence-electron chi connectivity index (χ0n) is 10.2. The lowest BCUT2D eigenvalue weighted by molar-refractivity contribution is 0.0957. The first-order valence-corrected chi connectivity index (χ1v) is 5.87. The highest BCUT2D eigenvalue weighted by molar-refractivity contribution is 6.52. The number of halogens is 1. The highest BCUT2D eigenvalue weighted by Crippen LogP contribution is 2.20. The Kier molecular flexibility index (Phi) is 2.90. The Morgan fingerprint density at radius 2 is 1.85 bits per heavy atom. The van der Waals surface area contributed by atoms with Crippen LogP contribution in [0.1, 0.15) is 27.4 Å². The van der Waals surface area contributed by atoms with Crippen molar-refractivity contribution in [2.45, 2.75) is 6.42 Å². The van der Waals surface area contributed by atoms with Crippen molar-refractivity contribution < 1.29 is 14.0 Å². The van der Waals surface area contributed by atoms with Crippen LogP contribution in [-0.2, 0) is 0 Å². The van der Waals surface area contributed by atoms with Crippen LogP contribution in [0.15, 0.2) is 41.7 Å². The molecule has 0 N–H and O–H groups in total. The van der Waals surface area contributed by atoms with Gasteiger partial charge in [-0.2, -0.15) is 0 Å². The first-order chi connectivity index (χ1) is 9.65. The fourth-order valence-corrected chi connectivity index (χ4v) is 1.95. The fourth-order valence-electron chi connectivity index (χ4n) is 1.95. The number of carbonyl (C=O) groups is 2. The highest BCUT2D eigenvalue weighted by Gasteiger charge is 2.31. The SMILES string of the molecule is O=C1CC(=Nc2cccc(F)c2)C(=O)c2nccnc21. The lowest BCUT2D eigenvalue weighted by atomic mass is 9.95.